The van der Waals surface area contributed by atoms with Crippen LogP contribution in [0.25, 0.3) is 0 Å². The summed E-state index contributed by atoms with van der Waals surface area (Å²) in [6, 6.07) is 11.3. The van der Waals surface area contributed by atoms with Crippen molar-refractivity contribution in [1.29, 1.82) is 0 Å². The van der Waals surface area contributed by atoms with Gasteiger partial charge in [0, 0.05) is 6.54 Å². The molecule has 0 atom stereocenters. The standard InChI is InChI=1S/C18H17N5O3/c1-25-16-10-19-12-20-17(16)22-7-8-23-15(18(22)24)9-13(21-23)11-26-14-5-3-2-4-6-14/h2-6,9-10,12H,7-8,11H2,1H3. The molecule has 0 saturated carbocycles. The molecule has 1 aromatic carbocycles. The smallest absolute Gasteiger partial charge is 0.277 e. The Bertz CT molecular complexity index is 926. The van der Waals surface area contributed by atoms with E-state index in [1.807, 2.05) is 30.3 Å². The zero-order valence-electron chi connectivity index (χ0n) is 14.2. The Labute approximate surface area is 150 Å². The summed E-state index contributed by atoms with van der Waals surface area (Å²) in [7, 11) is 1.53. The zero-order valence-corrected chi connectivity index (χ0v) is 14.2. The van der Waals surface area contributed by atoms with Gasteiger partial charge in [0.15, 0.2) is 11.6 Å². The second kappa shape index (κ2) is 6.83. The number of fused-ring (bicyclic) bond motifs is 1. The van der Waals surface area contributed by atoms with Gasteiger partial charge in [0.2, 0.25) is 0 Å². The molecular formula is C18H17N5O3. The van der Waals surface area contributed by atoms with Gasteiger partial charge in [-0.2, -0.15) is 5.10 Å². The van der Waals surface area contributed by atoms with Crippen LogP contribution < -0.4 is 14.4 Å². The lowest BCUT2D eigenvalue weighted by atomic mass is 10.2. The summed E-state index contributed by atoms with van der Waals surface area (Å²) in [5.74, 6) is 1.51. The van der Waals surface area contributed by atoms with Gasteiger partial charge in [-0.05, 0) is 18.2 Å². The van der Waals surface area contributed by atoms with E-state index in [0.29, 0.717) is 42.7 Å². The summed E-state index contributed by atoms with van der Waals surface area (Å²) in [6.07, 6.45) is 2.94. The molecule has 1 aliphatic rings. The first-order chi connectivity index (χ1) is 12.8. The maximum atomic E-state index is 12.9. The summed E-state index contributed by atoms with van der Waals surface area (Å²) in [4.78, 5) is 22.6. The fourth-order valence-corrected chi connectivity index (χ4v) is 2.85. The zero-order chi connectivity index (χ0) is 17.9. The quantitative estimate of drug-likeness (QED) is 0.698. The molecule has 0 radical (unpaired) electrons. The number of nitrogens with zero attached hydrogens (tertiary/aromatic N) is 5. The molecule has 1 amide bonds. The van der Waals surface area contributed by atoms with Crippen molar-refractivity contribution >= 4 is 11.7 Å². The maximum Gasteiger partial charge on any atom is 0.277 e. The minimum Gasteiger partial charge on any atom is -0.491 e. The maximum absolute atomic E-state index is 12.9. The second-order valence-corrected chi connectivity index (χ2v) is 5.72. The molecule has 8 heteroatoms. The lowest BCUT2D eigenvalue weighted by Gasteiger charge is -2.27. The van der Waals surface area contributed by atoms with Crippen LogP contribution >= 0.6 is 0 Å². The van der Waals surface area contributed by atoms with Crippen molar-refractivity contribution in [2.45, 2.75) is 13.2 Å². The third-order valence-corrected chi connectivity index (χ3v) is 4.09. The molecule has 132 valence electrons. The number of carbonyl (C=O) groups is 1. The molecule has 0 bridgehead atoms. The SMILES string of the molecule is COc1cncnc1N1CCn2nc(COc3ccccc3)cc2C1=O. The van der Waals surface area contributed by atoms with Crippen LogP contribution in [-0.4, -0.2) is 39.3 Å². The van der Waals surface area contributed by atoms with Crippen molar-refractivity contribution in [3.05, 3.63) is 60.3 Å². The first-order valence-electron chi connectivity index (χ1n) is 8.16. The van der Waals surface area contributed by atoms with E-state index in [-0.39, 0.29) is 5.91 Å². The minimum absolute atomic E-state index is 0.174. The number of ether oxygens (including phenoxy) is 2. The van der Waals surface area contributed by atoms with Crippen LogP contribution in [0, 0.1) is 0 Å². The number of methoxy groups -OCH3 is 1. The Balaban J connectivity index is 1.54. The van der Waals surface area contributed by atoms with E-state index in [1.165, 1.54) is 13.4 Å². The van der Waals surface area contributed by atoms with E-state index in [4.69, 9.17) is 9.47 Å². The van der Waals surface area contributed by atoms with E-state index in [2.05, 4.69) is 15.1 Å². The van der Waals surface area contributed by atoms with Gasteiger partial charge >= 0.3 is 0 Å². The van der Waals surface area contributed by atoms with Crippen LogP contribution in [0.1, 0.15) is 16.2 Å². The Morgan fingerprint density at radius 1 is 1.19 bits per heavy atom. The second-order valence-electron chi connectivity index (χ2n) is 5.72. The van der Waals surface area contributed by atoms with Crippen LogP contribution in [0.4, 0.5) is 5.82 Å². The Morgan fingerprint density at radius 2 is 2.04 bits per heavy atom. The number of para-hydroxylation sites is 1. The number of hydrogen-bond acceptors (Lipinski definition) is 6. The van der Waals surface area contributed by atoms with E-state index >= 15 is 0 Å². The van der Waals surface area contributed by atoms with Crippen molar-refractivity contribution in [3.8, 4) is 11.5 Å². The van der Waals surface area contributed by atoms with Crippen LogP contribution in [0.5, 0.6) is 11.5 Å². The third kappa shape index (κ3) is 2.97. The highest BCUT2D eigenvalue weighted by molar-refractivity contribution is 6.05. The van der Waals surface area contributed by atoms with E-state index in [1.54, 1.807) is 21.8 Å². The molecular weight excluding hydrogens is 334 g/mol. The molecule has 0 aliphatic carbocycles. The van der Waals surface area contributed by atoms with Crippen LogP contribution in [0.15, 0.2) is 48.9 Å². The van der Waals surface area contributed by atoms with Crippen molar-refractivity contribution in [3.63, 3.8) is 0 Å². The van der Waals surface area contributed by atoms with Crippen LogP contribution in [-0.2, 0) is 13.2 Å². The van der Waals surface area contributed by atoms with E-state index < -0.39 is 0 Å². The number of aromatic nitrogens is 4. The number of hydrogen-bond donors (Lipinski definition) is 0. The molecule has 0 N–H and O–H groups in total. The predicted molar refractivity (Wildman–Crippen MR) is 93.3 cm³/mol. The number of rotatable bonds is 5. The first kappa shape index (κ1) is 16.1. The van der Waals surface area contributed by atoms with Crippen molar-refractivity contribution in [1.82, 2.24) is 19.7 Å². The lowest BCUT2D eigenvalue weighted by molar-refractivity contribution is 0.0960. The van der Waals surface area contributed by atoms with Gasteiger partial charge in [0.1, 0.15) is 30.1 Å². The number of amides is 1. The topological polar surface area (TPSA) is 82.4 Å². The summed E-state index contributed by atoms with van der Waals surface area (Å²) in [5, 5.41) is 4.47. The molecule has 0 fully saturated rings. The van der Waals surface area contributed by atoms with Gasteiger partial charge in [0.25, 0.3) is 5.91 Å². The predicted octanol–water partition coefficient (Wildman–Crippen LogP) is 1.92. The van der Waals surface area contributed by atoms with Crippen molar-refractivity contribution < 1.29 is 14.3 Å². The fourth-order valence-electron chi connectivity index (χ4n) is 2.85. The van der Waals surface area contributed by atoms with Gasteiger partial charge in [-0.25, -0.2) is 9.97 Å². The highest BCUT2D eigenvalue weighted by atomic mass is 16.5. The molecule has 1 aliphatic heterocycles. The first-order valence-corrected chi connectivity index (χ1v) is 8.16. The fraction of sp³-hybridized carbons (Fsp3) is 0.222. The molecule has 3 aromatic rings. The normalized spacial score (nSPS) is 13.4. The Hall–Kier alpha value is -3.42. The number of carbonyl (C=O) groups excluding carboxylic acids is 1. The third-order valence-electron chi connectivity index (χ3n) is 4.09. The van der Waals surface area contributed by atoms with E-state index in [9.17, 15) is 4.79 Å². The highest BCUT2D eigenvalue weighted by Crippen LogP contribution is 2.27. The molecule has 8 nitrogen and oxygen atoms in total. The monoisotopic (exact) mass is 351 g/mol. The summed E-state index contributed by atoms with van der Waals surface area (Å²) in [6.45, 7) is 1.33. The molecule has 3 heterocycles. The molecule has 0 spiro atoms. The van der Waals surface area contributed by atoms with Gasteiger partial charge in [-0.3, -0.25) is 14.4 Å². The van der Waals surface area contributed by atoms with Crippen LogP contribution in [0.2, 0.25) is 0 Å². The summed E-state index contributed by atoms with van der Waals surface area (Å²) >= 11 is 0. The Kier molecular flexibility index (Phi) is 4.22. The van der Waals surface area contributed by atoms with Gasteiger partial charge in [0.05, 0.1) is 19.9 Å². The number of anilines is 1. The van der Waals surface area contributed by atoms with E-state index in [0.717, 1.165) is 5.75 Å². The molecule has 0 saturated heterocycles. The van der Waals surface area contributed by atoms with Gasteiger partial charge < -0.3 is 9.47 Å². The molecule has 0 unspecified atom stereocenters. The highest BCUT2D eigenvalue weighted by Gasteiger charge is 2.30. The number of benzene rings is 1. The molecule has 26 heavy (non-hydrogen) atoms. The molecule has 2 aromatic heterocycles. The van der Waals surface area contributed by atoms with Gasteiger partial charge in [-0.1, -0.05) is 18.2 Å². The molecule has 4 rings (SSSR count). The lowest BCUT2D eigenvalue weighted by Crippen LogP contribution is -2.41. The average molecular weight is 351 g/mol. The van der Waals surface area contributed by atoms with Crippen molar-refractivity contribution in [2.75, 3.05) is 18.6 Å². The summed E-state index contributed by atoms with van der Waals surface area (Å²) < 4.78 is 12.7. The van der Waals surface area contributed by atoms with Gasteiger partial charge in [-0.15, -0.1) is 0 Å². The van der Waals surface area contributed by atoms with Crippen LogP contribution in [0.3, 0.4) is 0 Å². The van der Waals surface area contributed by atoms with Crippen molar-refractivity contribution in [2.24, 2.45) is 0 Å². The largest absolute Gasteiger partial charge is 0.491 e. The average Bonchev–Trinajstić information content (AvgIpc) is 3.12. The Morgan fingerprint density at radius 3 is 2.85 bits per heavy atom. The minimum atomic E-state index is -0.174. The summed E-state index contributed by atoms with van der Waals surface area (Å²) in [5.41, 5.74) is 1.21.